The Morgan fingerprint density at radius 2 is 1.81 bits per heavy atom. The van der Waals surface area contributed by atoms with Gasteiger partial charge in [0, 0.05) is 40.4 Å². The first-order valence-electron chi connectivity index (χ1n) is 14.5. The zero-order chi connectivity index (χ0) is 31.2. The standard InChI is InChI=1S/C29H38F4N6O3S/c1-26(2,3)43-38-28(29(31,32)33)8-5-18(6-9-28)35-24(40)17-7-12-39(27(15-17)10-11-27)25(41)22-14-21(36-37-22)19-13-23(42-4)34-16-20(19)30/h13-14,16-18,38H,5-12,15H2,1-4H3,(H,35,40)(H,36,37)/t17-,18?,28?/m0/s1. The number of carbonyl (C=O) groups is 2. The second kappa shape index (κ2) is 11.6. The van der Waals surface area contributed by atoms with E-state index in [0.29, 0.717) is 19.4 Å². The van der Waals surface area contributed by atoms with Crippen molar-refractivity contribution in [1.82, 2.24) is 30.1 Å². The van der Waals surface area contributed by atoms with Crippen LogP contribution in [0, 0.1) is 11.7 Å². The molecule has 3 heterocycles. The van der Waals surface area contributed by atoms with Gasteiger partial charge in [-0.15, -0.1) is 0 Å². The van der Waals surface area contributed by atoms with Crippen molar-refractivity contribution >= 4 is 23.8 Å². The molecule has 1 saturated heterocycles. The maximum absolute atomic E-state index is 14.4. The van der Waals surface area contributed by atoms with Gasteiger partial charge in [0.05, 0.1) is 19.0 Å². The van der Waals surface area contributed by atoms with E-state index in [1.807, 2.05) is 20.8 Å². The van der Waals surface area contributed by atoms with Crippen molar-refractivity contribution < 1.29 is 31.9 Å². The second-order valence-electron chi connectivity index (χ2n) is 12.9. The van der Waals surface area contributed by atoms with Crippen LogP contribution in [-0.4, -0.2) is 73.6 Å². The minimum absolute atomic E-state index is 0.107. The van der Waals surface area contributed by atoms with Crippen molar-refractivity contribution in [3.8, 4) is 17.1 Å². The molecule has 2 aromatic rings. The number of carbonyl (C=O) groups excluding carboxylic acids is 2. The molecule has 236 valence electrons. The minimum Gasteiger partial charge on any atom is -0.481 e. The van der Waals surface area contributed by atoms with Gasteiger partial charge in [-0.25, -0.2) is 14.1 Å². The number of aromatic amines is 1. The van der Waals surface area contributed by atoms with E-state index in [1.165, 1.54) is 19.2 Å². The van der Waals surface area contributed by atoms with E-state index >= 15 is 0 Å². The summed E-state index contributed by atoms with van der Waals surface area (Å²) in [5, 5.41) is 9.86. The van der Waals surface area contributed by atoms with Gasteiger partial charge in [0.15, 0.2) is 5.82 Å². The molecule has 14 heteroatoms. The Bertz CT molecular complexity index is 1350. The molecule has 0 aromatic carbocycles. The lowest BCUT2D eigenvalue weighted by Crippen LogP contribution is -2.59. The van der Waals surface area contributed by atoms with Gasteiger partial charge in [-0.3, -0.25) is 14.7 Å². The van der Waals surface area contributed by atoms with Crippen LogP contribution < -0.4 is 14.8 Å². The van der Waals surface area contributed by atoms with Crippen molar-refractivity contribution in [2.24, 2.45) is 5.92 Å². The largest absolute Gasteiger partial charge is 0.481 e. The van der Waals surface area contributed by atoms with Crippen LogP contribution in [0.2, 0.25) is 0 Å². The van der Waals surface area contributed by atoms with Gasteiger partial charge in [0.25, 0.3) is 5.91 Å². The van der Waals surface area contributed by atoms with E-state index in [1.54, 1.807) is 4.90 Å². The SMILES string of the molecule is COc1cc(-c2cc(C(=O)N3CC[C@H](C(=O)NC4CCC(NSC(C)(C)C)(C(F)(F)F)CC4)CC34CC4)[nH]n2)c(F)cn1. The van der Waals surface area contributed by atoms with Crippen molar-refractivity contribution in [2.75, 3.05) is 13.7 Å². The number of pyridine rings is 1. The van der Waals surface area contributed by atoms with E-state index in [-0.39, 0.29) is 77.0 Å². The van der Waals surface area contributed by atoms with Gasteiger partial charge in [0.1, 0.15) is 11.2 Å². The van der Waals surface area contributed by atoms with Crippen LogP contribution in [0.25, 0.3) is 11.3 Å². The Labute approximate surface area is 252 Å². The number of alkyl halides is 3. The second-order valence-corrected chi connectivity index (χ2v) is 14.6. The number of likely N-dealkylation sites (tertiary alicyclic amines) is 1. The summed E-state index contributed by atoms with van der Waals surface area (Å²) < 4.78 is 64.0. The number of hydrogen-bond acceptors (Lipinski definition) is 7. The average Bonchev–Trinajstić information content (AvgIpc) is 3.52. The van der Waals surface area contributed by atoms with E-state index < -0.39 is 23.1 Å². The third-order valence-corrected chi connectivity index (χ3v) is 9.85. The summed E-state index contributed by atoms with van der Waals surface area (Å²) in [6, 6.07) is 2.58. The summed E-state index contributed by atoms with van der Waals surface area (Å²) in [4.78, 5) is 32.3. The normalized spacial score (nSPS) is 25.4. The number of ether oxygens (including phenoxy) is 1. The smallest absolute Gasteiger partial charge is 0.407 e. The number of aromatic nitrogens is 3. The molecule has 2 aliphatic carbocycles. The number of halogens is 4. The quantitative estimate of drug-likeness (QED) is 0.279. The lowest BCUT2D eigenvalue weighted by atomic mass is 9.79. The third kappa shape index (κ3) is 6.64. The number of methoxy groups -OCH3 is 1. The highest BCUT2D eigenvalue weighted by Gasteiger charge is 2.57. The molecule has 2 aromatic heterocycles. The van der Waals surface area contributed by atoms with Crippen molar-refractivity contribution in [3.05, 3.63) is 29.8 Å². The van der Waals surface area contributed by atoms with E-state index in [9.17, 15) is 27.2 Å². The lowest BCUT2D eigenvalue weighted by Gasteiger charge is -2.43. The summed E-state index contributed by atoms with van der Waals surface area (Å²) in [7, 11) is 1.42. The van der Waals surface area contributed by atoms with Crippen molar-refractivity contribution in [3.63, 3.8) is 0 Å². The fraction of sp³-hybridized carbons (Fsp3) is 0.655. The molecule has 3 aliphatic rings. The van der Waals surface area contributed by atoms with Crippen LogP contribution in [0.15, 0.2) is 18.3 Å². The number of amides is 2. The van der Waals surface area contributed by atoms with Crippen LogP contribution >= 0.6 is 11.9 Å². The Kier molecular flexibility index (Phi) is 8.49. The molecule has 5 rings (SSSR count). The van der Waals surface area contributed by atoms with E-state index in [0.717, 1.165) is 31.0 Å². The van der Waals surface area contributed by atoms with Gasteiger partial charge < -0.3 is 15.0 Å². The Morgan fingerprint density at radius 1 is 1.12 bits per heavy atom. The molecule has 43 heavy (non-hydrogen) atoms. The summed E-state index contributed by atoms with van der Waals surface area (Å²) >= 11 is 1.09. The number of H-pyrrole nitrogens is 1. The molecule has 2 saturated carbocycles. The van der Waals surface area contributed by atoms with Gasteiger partial charge >= 0.3 is 6.18 Å². The highest BCUT2D eigenvalue weighted by atomic mass is 32.2. The van der Waals surface area contributed by atoms with Crippen LogP contribution in [0.4, 0.5) is 17.6 Å². The number of piperidine rings is 1. The first-order valence-corrected chi connectivity index (χ1v) is 15.4. The average molecular weight is 627 g/mol. The first-order chi connectivity index (χ1) is 20.2. The number of nitrogens with one attached hydrogen (secondary N) is 3. The maximum atomic E-state index is 14.4. The monoisotopic (exact) mass is 626 g/mol. The highest BCUT2D eigenvalue weighted by molar-refractivity contribution is 7.98. The zero-order valence-electron chi connectivity index (χ0n) is 24.7. The van der Waals surface area contributed by atoms with Crippen LogP contribution in [0.3, 0.4) is 0 Å². The molecular weight excluding hydrogens is 588 g/mol. The summed E-state index contributed by atoms with van der Waals surface area (Å²) in [6.07, 6.45) is -0.662. The molecule has 0 bridgehead atoms. The fourth-order valence-electron chi connectivity index (χ4n) is 6.06. The van der Waals surface area contributed by atoms with Crippen LogP contribution in [0.1, 0.15) is 82.6 Å². The Balaban J connectivity index is 1.18. The van der Waals surface area contributed by atoms with E-state index in [2.05, 4.69) is 25.2 Å². The molecule has 0 radical (unpaired) electrons. The number of hydrogen-bond donors (Lipinski definition) is 3. The van der Waals surface area contributed by atoms with E-state index in [4.69, 9.17) is 4.74 Å². The first kappa shape index (κ1) is 31.6. The highest BCUT2D eigenvalue weighted by Crippen LogP contribution is 2.51. The molecule has 9 nitrogen and oxygen atoms in total. The number of rotatable bonds is 7. The summed E-state index contributed by atoms with van der Waals surface area (Å²) in [5.41, 5.74) is -1.81. The topological polar surface area (TPSA) is 112 Å². The molecule has 0 unspecified atom stereocenters. The molecule has 1 aliphatic heterocycles. The number of nitrogens with zero attached hydrogens (tertiary/aromatic N) is 3. The Morgan fingerprint density at radius 3 is 2.42 bits per heavy atom. The van der Waals surface area contributed by atoms with Gasteiger partial charge in [-0.05, 0) is 78.2 Å². The molecule has 1 spiro atoms. The molecule has 2 amide bonds. The predicted molar refractivity (Wildman–Crippen MR) is 154 cm³/mol. The van der Waals surface area contributed by atoms with Gasteiger partial charge in [-0.2, -0.15) is 18.3 Å². The maximum Gasteiger partial charge on any atom is 0.407 e. The molecule has 3 fully saturated rings. The summed E-state index contributed by atoms with van der Waals surface area (Å²) in [5.74, 6) is -1.14. The van der Waals surface area contributed by atoms with Crippen LogP contribution in [0.5, 0.6) is 5.88 Å². The molecule has 3 N–H and O–H groups in total. The molecular formula is C29H38F4N6O3S. The third-order valence-electron chi connectivity index (χ3n) is 8.75. The zero-order valence-corrected chi connectivity index (χ0v) is 25.6. The van der Waals surface area contributed by atoms with Crippen molar-refractivity contribution in [1.29, 1.82) is 0 Å². The van der Waals surface area contributed by atoms with Crippen LogP contribution in [-0.2, 0) is 4.79 Å². The minimum atomic E-state index is -4.40. The lowest BCUT2D eigenvalue weighted by molar-refractivity contribution is -0.199. The molecule has 1 atom stereocenters. The predicted octanol–water partition coefficient (Wildman–Crippen LogP) is 5.40. The fourth-order valence-corrected chi connectivity index (χ4v) is 6.88. The van der Waals surface area contributed by atoms with Gasteiger partial charge in [-0.1, -0.05) is 11.9 Å². The Hall–Kier alpha value is -2.87. The van der Waals surface area contributed by atoms with Gasteiger partial charge in [0.2, 0.25) is 11.8 Å². The van der Waals surface area contributed by atoms with Crippen molar-refractivity contribution in [2.45, 2.75) is 100 Å². The summed E-state index contributed by atoms with van der Waals surface area (Å²) in [6.45, 7) is 5.94.